The van der Waals surface area contributed by atoms with Crippen LogP contribution < -0.4 is 5.73 Å². The van der Waals surface area contributed by atoms with Gasteiger partial charge in [0.2, 0.25) is 5.91 Å². The average molecular weight is 240 g/mol. The number of nitrogens with zero attached hydrogens (tertiary/aromatic N) is 1. The summed E-state index contributed by atoms with van der Waals surface area (Å²) in [7, 11) is 4.24. The van der Waals surface area contributed by atoms with Crippen molar-refractivity contribution < 1.29 is 4.79 Å². The Labute approximate surface area is 106 Å². The fourth-order valence-electron chi connectivity index (χ4n) is 1.70. The quantitative estimate of drug-likeness (QED) is 0.471. The lowest BCUT2D eigenvalue weighted by atomic mass is 10.1. The molecule has 0 fully saturated rings. The largest absolute Gasteiger partial charge is 0.366 e. The molecule has 17 heavy (non-hydrogen) atoms. The van der Waals surface area contributed by atoms with Crippen LogP contribution in [0.15, 0.2) is 11.6 Å². The van der Waals surface area contributed by atoms with Crippen molar-refractivity contribution in [3.05, 3.63) is 11.6 Å². The number of nitrogens with two attached hydrogens (primary N) is 1. The molecule has 3 heteroatoms. The Morgan fingerprint density at radius 3 is 2.12 bits per heavy atom. The maximum absolute atomic E-state index is 10.7. The van der Waals surface area contributed by atoms with Crippen molar-refractivity contribution in [2.75, 3.05) is 20.6 Å². The van der Waals surface area contributed by atoms with Gasteiger partial charge in [-0.25, -0.2) is 0 Å². The third kappa shape index (κ3) is 11.4. The molecule has 0 aliphatic rings. The molecule has 3 nitrogen and oxygen atoms in total. The first-order chi connectivity index (χ1) is 8.04. The molecule has 0 aromatic heterocycles. The highest BCUT2D eigenvalue weighted by Crippen LogP contribution is 2.08. The van der Waals surface area contributed by atoms with Crippen molar-refractivity contribution in [3.8, 4) is 0 Å². The van der Waals surface area contributed by atoms with E-state index in [0.29, 0.717) is 5.57 Å². The van der Waals surface area contributed by atoms with Crippen LogP contribution in [0.1, 0.15) is 51.9 Å². The van der Waals surface area contributed by atoms with E-state index < -0.39 is 0 Å². The zero-order chi connectivity index (χ0) is 13.1. The van der Waals surface area contributed by atoms with Gasteiger partial charge in [0, 0.05) is 5.57 Å². The van der Waals surface area contributed by atoms with Gasteiger partial charge in [-0.1, -0.05) is 31.8 Å². The van der Waals surface area contributed by atoms with Gasteiger partial charge in [-0.3, -0.25) is 4.79 Å². The summed E-state index contributed by atoms with van der Waals surface area (Å²) in [5.41, 5.74) is 5.84. The lowest BCUT2D eigenvalue weighted by Gasteiger charge is -2.08. The molecule has 0 aromatic carbocycles. The summed E-state index contributed by atoms with van der Waals surface area (Å²) in [6.07, 6.45) is 10.6. The molecule has 0 radical (unpaired) electrons. The highest BCUT2D eigenvalue weighted by Gasteiger charge is 1.96. The molecular formula is C14H28N2O. The second-order valence-corrected chi connectivity index (χ2v) is 4.96. The van der Waals surface area contributed by atoms with Crippen LogP contribution in [0.4, 0.5) is 0 Å². The molecule has 0 aliphatic heterocycles. The van der Waals surface area contributed by atoms with Gasteiger partial charge in [0.25, 0.3) is 0 Å². The van der Waals surface area contributed by atoms with Crippen molar-refractivity contribution in [3.63, 3.8) is 0 Å². The molecule has 0 aromatic rings. The number of unbranched alkanes of at least 4 members (excludes halogenated alkanes) is 6. The smallest absolute Gasteiger partial charge is 0.244 e. The van der Waals surface area contributed by atoms with E-state index in [1.165, 1.54) is 38.6 Å². The van der Waals surface area contributed by atoms with Gasteiger partial charge in [-0.15, -0.1) is 0 Å². The molecule has 0 saturated heterocycles. The second-order valence-electron chi connectivity index (χ2n) is 4.96. The maximum Gasteiger partial charge on any atom is 0.244 e. The molecule has 0 rings (SSSR count). The highest BCUT2D eigenvalue weighted by atomic mass is 16.1. The van der Waals surface area contributed by atoms with Gasteiger partial charge in [0.05, 0.1) is 0 Å². The van der Waals surface area contributed by atoms with Gasteiger partial charge >= 0.3 is 0 Å². The van der Waals surface area contributed by atoms with Crippen LogP contribution in [-0.4, -0.2) is 31.4 Å². The monoisotopic (exact) mass is 240 g/mol. The fourth-order valence-corrected chi connectivity index (χ4v) is 1.70. The predicted molar refractivity (Wildman–Crippen MR) is 73.8 cm³/mol. The van der Waals surface area contributed by atoms with Gasteiger partial charge in [-0.05, 0) is 46.8 Å². The van der Waals surface area contributed by atoms with Crippen molar-refractivity contribution in [2.45, 2.75) is 51.9 Å². The van der Waals surface area contributed by atoms with Gasteiger partial charge in [0.1, 0.15) is 0 Å². The average Bonchev–Trinajstić information content (AvgIpc) is 2.25. The summed E-state index contributed by atoms with van der Waals surface area (Å²) in [5, 5.41) is 0. The van der Waals surface area contributed by atoms with Crippen LogP contribution in [0.5, 0.6) is 0 Å². The van der Waals surface area contributed by atoms with Gasteiger partial charge in [0.15, 0.2) is 0 Å². The first-order valence-corrected chi connectivity index (χ1v) is 6.65. The first-order valence-electron chi connectivity index (χ1n) is 6.65. The Hall–Kier alpha value is -0.830. The summed E-state index contributed by atoms with van der Waals surface area (Å²) in [6, 6.07) is 0. The lowest BCUT2D eigenvalue weighted by Crippen LogP contribution is -2.12. The van der Waals surface area contributed by atoms with Crippen LogP contribution in [-0.2, 0) is 4.79 Å². The number of carbonyl (C=O) groups excluding carboxylic acids is 1. The predicted octanol–water partition coefficient (Wildman–Crippen LogP) is 2.71. The van der Waals surface area contributed by atoms with E-state index in [1.54, 1.807) is 6.92 Å². The molecule has 0 heterocycles. The molecule has 100 valence electrons. The first kappa shape index (κ1) is 16.2. The Kier molecular flexibility index (Phi) is 9.83. The van der Waals surface area contributed by atoms with Crippen molar-refractivity contribution >= 4 is 5.91 Å². The zero-order valence-corrected chi connectivity index (χ0v) is 11.7. The van der Waals surface area contributed by atoms with E-state index >= 15 is 0 Å². The van der Waals surface area contributed by atoms with Crippen LogP contribution in [0.25, 0.3) is 0 Å². The lowest BCUT2D eigenvalue weighted by molar-refractivity contribution is -0.114. The Balaban J connectivity index is 3.24. The third-order valence-corrected chi connectivity index (χ3v) is 2.90. The Morgan fingerprint density at radius 2 is 1.59 bits per heavy atom. The number of allylic oxidation sites excluding steroid dienone is 1. The molecule has 0 spiro atoms. The van der Waals surface area contributed by atoms with Gasteiger partial charge < -0.3 is 10.6 Å². The van der Waals surface area contributed by atoms with Crippen LogP contribution in [0.3, 0.4) is 0 Å². The summed E-state index contributed by atoms with van der Waals surface area (Å²) >= 11 is 0. The Bertz CT molecular complexity index is 234. The molecule has 0 atom stereocenters. The van der Waals surface area contributed by atoms with E-state index in [1.807, 2.05) is 6.08 Å². The van der Waals surface area contributed by atoms with E-state index in [2.05, 4.69) is 19.0 Å². The summed E-state index contributed by atoms with van der Waals surface area (Å²) in [4.78, 5) is 13.0. The molecule has 0 aliphatic carbocycles. The van der Waals surface area contributed by atoms with E-state index in [4.69, 9.17) is 5.73 Å². The van der Waals surface area contributed by atoms with E-state index in [-0.39, 0.29) is 5.91 Å². The minimum absolute atomic E-state index is 0.298. The summed E-state index contributed by atoms with van der Waals surface area (Å²) < 4.78 is 0. The third-order valence-electron chi connectivity index (χ3n) is 2.90. The second kappa shape index (κ2) is 10.3. The molecular weight excluding hydrogens is 212 g/mol. The summed E-state index contributed by atoms with van der Waals surface area (Å²) in [5.74, 6) is -0.298. The van der Waals surface area contributed by atoms with E-state index in [9.17, 15) is 4.79 Å². The number of carbonyl (C=O) groups is 1. The highest BCUT2D eigenvalue weighted by molar-refractivity contribution is 5.91. The van der Waals surface area contributed by atoms with Crippen LogP contribution >= 0.6 is 0 Å². The topological polar surface area (TPSA) is 46.3 Å². The minimum atomic E-state index is -0.298. The zero-order valence-electron chi connectivity index (χ0n) is 11.7. The maximum atomic E-state index is 10.7. The fraction of sp³-hybridized carbons (Fsp3) is 0.786. The molecule has 1 amide bonds. The molecule has 0 saturated carbocycles. The molecule has 2 N–H and O–H groups in total. The molecule has 0 bridgehead atoms. The van der Waals surface area contributed by atoms with Crippen molar-refractivity contribution in [1.82, 2.24) is 4.90 Å². The Morgan fingerprint density at radius 1 is 1.06 bits per heavy atom. The van der Waals surface area contributed by atoms with Crippen LogP contribution in [0, 0.1) is 0 Å². The van der Waals surface area contributed by atoms with Crippen LogP contribution in [0.2, 0.25) is 0 Å². The number of hydrogen-bond donors (Lipinski definition) is 1. The van der Waals surface area contributed by atoms with E-state index in [0.717, 1.165) is 12.8 Å². The van der Waals surface area contributed by atoms with Crippen molar-refractivity contribution in [2.24, 2.45) is 5.73 Å². The standard InChI is InChI=1S/C14H28N2O/c1-13(14(15)17)11-9-7-5-4-6-8-10-12-16(2)3/h11H,4-10,12H2,1-3H3,(H2,15,17). The summed E-state index contributed by atoms with van der Waals surface area (Å²) in [6.45, 7) is 2.98. The SMILES string of the molecule is CC(=CCCCCCCCCN(C)C)C(N)=O. The number of amides is 1. The number of hydrogen-bond acceptors (Lipinski definition) is 2. The number of rotatable bonds is 10. The van der Waals surface area contributed by atoms with Crippen molar-refractivity contribution in [1.29, 1.82) is 0 Å². The number of primary amides is 1. The molecule has 0 unspecified atom stereocenters. The normalized spacial score (nSPS) is 12.1. The minimum Gasteiger partial charge on any atom is -0.366 e. The van der Waals surface area contributed by atoms with Gasteiger partial charge in [-0.2, -0.15) is 0 Å².